The van der Waals surface area contributed by atoms with Gasteiger partial charge in [-0.15, -0.1) is 0 Å². The second-order valence-electron chi connectivity index (χ2n) is 8.25. The van der Waals surface area contributed by atoms with E-state index in [1.165, 1.54) is 4.90 Å². The molecule has 2 aliphatic rings. The Morgan fingerprint density at radius 1 is 1.29 bits per heavy atom. The minimum Gasteiger partial charge on any atom is -0.465 e. The number of likely N-dealkylation sites (tertiary alicyclic amines) is 1. The van der Waals surface area contributed by atoms with Crippen molar-refractivity contribution < 1.29 is 15.1 Å². The van der Waals surface area contributed by atoms with Crippen LogP contribution in [-0.4, -0.2) is 66.8 Å². The average molecular weight is 359 g/mol. The van der Waals surface area contributed by atoms with E-state index in [4.69, 9.17) is 11.6 Å². The van der Waals surface area contributed by atoms with Gasteiger partial charge in [0.2, 0.25) is 5.29 Å². The maximum Gasteiger partial charge on any atom is 0.407 e. The first kappa shape index (κ1) is 18.9. The minimum atomic E-state index is -0.945. The van der Waals surface area contributed by atoms with Crippen LogP contribution in [0.1, 0.15) is 48.0 Å². The molecule has 1 unspecified atom stereocenters. The lowest BCUT2D eigenvalue weighted by Gasteiger charge is -2.50. The van der Waals surface area contributed by atoms with Crippen LogP contribution in [0, 0.1) is 0 Å². The number of carboxylic acid groups (broad SMARTS) is 1. The Balaban J connectivity index is 2.52. The number of rotatable bonds is 1. The van der Waals surface area contributed by atoms with Gasteiger partial charge in [-0.05, 0) is 59.6 Å². The Kier molecular flexibility index (Phi) is 4.80. The normalized spacial score (nSPS) is 22.3. The number of carbonyl (C=O) groups is 1. The van der Waals surface area contributed by atoms with E-state index in [9.17, 15) is 15.1 Å². The van der Waals surface area contributed by atoms with Crippen molar-refractivity contribution >= 4 is 23.0 Å². The van der Waals surface area contributed by atoms with Crippen LogP contribution in [0.3, 0.4) is 0 Å². The van der Waals surface area contributed by atoms with Gasteiger partial charge in [-0.2, -0.15) is 0 Å². The van der Waals surface area contributed by atoms with Crippen LogP contribution >= 0.6 is 11.6 Å². The second kappa shape index (κ2) is 6.11. The van der Waals surface area contributed by atoms with Crippen LogP contribution in [0.4, 0.5) is 4.79 Å². The lowest BCUT2D eigenvalue weighted by Crippen LogP contribution is -2.60. The Morgan fingerprint density at radius 3 is 2.33 bits per heavy atom. The molecule has 2 rings (SSSR count). The molecule has 0 aromatic carbocycles. The quantitative estimate of drug-likeness (QED) is 0.556. The number of fused-ring (bicyclic) bond motifs is 1. The summed E-state index contributed by atoms with van der Waals surface area (Å²) in [5.74, 6) is 0.433. The van der Waals surface area contributed by atoms with E-state index in [2.05, 4.69) is 4.99 Å². The fraction of sp³-hybridized carbons (Fsp3) is 0.750. The van der Waals surface area contributed by atoms with Gasteiger partial charge in [-0.3, -0.25) is 5.21 Å². The molecule has 0 aromatic heterocycles. The van der Waals surface area contributed by atoms with Gasteiger partial charge in [-0.25, -0.2) is 14.9 Å². The van der Waals surface area contributed by atoms with Crippen molar-refractivity contribution in [1.82, 2.24) is 14.9 Å². The molecule has 136 valence electrons. The van der Waals surface area contributed by atoms with Crippen LogP contribution in [0.25, 0.3) is 0 Å². The fourth-order valence-electron chi connectivity index (χ4n) is 3.09. The van der Waals surface area contributed by atoms with E-state index in [1.54, 1.807) is 0 Å². The standard InChI is InChI=1S/C16H27ClN4O3/c1-15(2,3)20-11-9-19(14(22)23)8-7-10(11)12(18-13(20)17)21(24)16(4,5)6/h11,24H,7-9H2,1-6H3,(H,22,23). The summed E-state index contributed by atoms with van der Waals surface area (Å²) in [6, 6.07) is -0.244. The van der Waals surface area contributed by atoms with Crippen LogP contribution in [0.2, 0.25) is 0 Å². The number of nitrogens with zero attached hydrogens (tertiary/aromatic N) is 4. The molecule has 8 heteroatoms. The second-order valence-corrected chi connectivity index (χ2v) is 8.59. The predicted octanol–water partition coefficient (Wildman–Crippen LogP) is 3.15. The van der Waals surface area contributed by atoms with Crippen molar-refractivity contribution in [3.63, 3.8) is 0 Å². The Labute approximate surface area is 148 Å². The number of hydrogen-bond donors (Lipinski definition) is 2. The molecule has 1 amide bonds. The summed E-state index contributed by atoms with van der Waals surface area (Å²) in [6.45, 7) is 12.3. The number of halogens is 1. The van der Waals surface area contributed by atoms with Gasteiger partial charge >= 0.3 is 6.09 Å². The highest BCUT2D eigenvalue weighted by atomic mass is 35.5. The Morgan fingerprint density at radius 2 is 1.88 bits per heavy atom. The number of amides is 1. The highest BCUT2D eigenvalue weighted by Crippen LogP contribution is 2.37. The van der Waals surface area contributed by atoms with Gasteiger partial charge in [0.15, 0.2) is 5.82 Å². The van der Waals surface area contributed by atoms with E-state index < -0.39 is 11.6 Å². The van der Waals surface area contributed by atoms with Gasteiger partial charge < -0.3 is 14.9 Å². The minimum absolute atomic E-state index is 0.244. The van der Waals surface area contributed by atoms with Gasteiger partial charge in [-0.1, -0.05) is 0 Å². The number of amidine groups is 1. The summed E-state index contributed by atoms with van der Waals surface area (Å²) in [5, 5.41) is 21.3. The molecule has 0 radical (unpaired) electrons. The Bertz CT molecular complexity index is 589. The molecule has 2 aliphatic heterocycles. The van der Waals surface area contributed by atoms with Crippen molar-refractivity contribution in [3.8, 4) is 0 Å². The van der Waals surface area contributed by atoms with Crippen LogP contribution < -0.4 is 0 Å². The summed E-state index contributed by atoms with van der Waals surface area (Å²) < 4.78 is 0. The SMILES string of the molecule is CC(C)(C)N(O)C1=C2CCN(C(=O)O)CC2N(C(C)(C)C)C(Cl)=N1. The van der Waals surface area contributed by atoms with Crippen molar-refractivity contribution in [3.05, 3.63) is 11.4 Å². The smallest absolute Gasteiger partial charge is 0.407 e. The summed E-state index contributed by atoms with van der Waals surface area (Å²) >= 11 is 6.44. The highest BCUT2D eigenvalue weighted by Gasteiger charge is 2.43. The summed E-state index contributed by atoms with van der Waals surface area (Å²) in [4.78, 5) is 19.2. The molecule has 0 aromatic rings. The number of hydroxylamine groups is 2. The molecular formula is C16H27ClN4O3. The van der Waals surface area contributed by atoms with Crippen LogP contribution in [0.15, 0.2) is 16.4 Å². The zero-order chi connectivity index (χ0) is 18.4. The first-order valence-corrected chi connectivity index (χ1v) is 8.45. The third-order valence-corrected chi connectivity index (χ3v) is 4.54. The van der Waals surface area contributed by atoms with Gasteiger partial charge in [0.1, 0.15) is 0 Å². The predicted molar refractivity (Wildman–Crippen MR) is 93.3 cm³/mol. The molecule has 24 heavy (non-hydrogen) atoms. The summed E-state index contributed by atoms with van der Waals surface area (Å²) in [6.07, 6.45) is -0.431. The zero-order valence-electron chi connectivity index (χ0n) is 15.2. The van der Waals surface area contributed by atoms with Gasteiger partial charge in [0, 0.05) is 24.2 Å². The third kappa shape index (κ3) is 3.47. The number of aliphatic imine (C=N–C) groups is 1. The topological polar surface area (TPSA) is 79.6 Å². The maximum atomic E-state index is 11.4. The van der Waals surface area contributed by atoms with Crippen LogP contribution in [-0.2, 0) is 0 Å². The highest BCUT2D eigenvalue weighted by molar-refractivity contribution is 6.64. The van der Waals surface area contributed by atoms with Crippen molar-refractivity contribution in [2.24, 2.45) is 4.99 Å². The van der Waals surface area contributed by atoms with E-state index in [1.807, 2.05) is 46.4 Å². The molecule has 1 saturated heterocycles. The number of piperidine rings is 1. The molecule has 0 spiro atoms. The van der Waals surface area contributed by atoms with Crippen molar-refractivity contribution in [2.45, 2.75) is 65.1 Å². The summed E-state index contributed by atoms with van der Waals surface area (Å²) in [7, 11) is 0. The van der Waals surface area contributed by atoms with E-state index >= 15 is 0 Å². The fourth-order valence-corrected chi connectivity index (χ4v) is 3.54. The van der Waals surface area contributed by atoms with Crippen molar-refractivity contribution in [2.75, 3.05) is 13.1 Å². The van der Waals surface area contributed by atoms with E-state index in [-0.39, 0.29) is 16.9 Å². The lowest BCUT2D eigenvalue weighted by atomic mass is 9.91. The average Bonchev–Trinajstić information content (AvgIpc) is 2.42. The molecule has 0 saturated carbocycles. The molecule has 2 N–H and O–H groups in total. The third-order valence-electron chi connectivity index (χ3n) is 4.27. The van der Waals surface area contributed by atoms with Crippen molar-refractivity contribution in [1.29, 1.82) is 0 Å². The van der Waals surface area contributed by atoms with Gasteiger partial charge in [0.25, 0.3) is 0 Å². The molecular weight excluding hydrogens is 332 g/mol. The lowest BCUT2D eigenvalue weighted by molar-refractivity contribution is -0.127. The molecule has 1 atom stereocenters. The van der Waals surface area contributed by atoms with Crippen LogP contribution in [0.5, 0.6) is 0 Å². The summed E-state index contributed by atoms with van der Waals surface area (Å²) in [5.41, 5.74) is 0.0525. The van der Waals surface area contributed by atoms with E-state index in [0.29, 0.717) is 25.3 Å². The Hall–Kier alpha value is -1.47. The largest absolute Gasteiger partial charge is 0.465 e. The molecule has 0 aliphatic carbocycles. The molecule has 7 nitrogen and oxygen atoms in total. The maximum absolute atomic E-state index is 11.4. The number of hydrogen-bond acceptors (Lipinski definition) is 5. The molecule has 0 bridgehead atoms. The first-order chi connectivity index (χ1) is 10.8. The molecule has 1 fully saturated rings. The zero-order valence-corrected chi connectivity index (χ0v) is 15.9. The van der Waals surface area contributed by atoms with E-state index in [0.717, 1.165) is 10.6 Å². The first-order valence-electron chi connectivity index (χ1n) is 8.07. The molecule has 2 heterocycles. The van der Waals surface area contributed by atoms with Gasteiger partial charge in [0.05, 0.1) is 11.6 Å². The monoisotopic (exact) mass is 358 g/mol.